The monoisotopic (exact) mass is 409 g/mol. The van der Waals surface area contributed by atoms with E-state index in [1.165, 1.54) is 0 Å². The summed E-state index contributed by atoms with van der Waals surface area (Å²) in [5.41, 5.74) is 2.68. The predicted molar refractivity (Wildman–Crippen MR) is 112 cm³/mol. The molecule has 150 valence electrons. The SMILES string of the molecule is O=S(=O)(NC[C@H](c1cnc2ccccn12)N1CCCC1)c1ccc2cc[nH]c2c1. The number of aromatic nitrogens is 3. The first-order valence-corrected chi connectivity index (χ1v) is 11.3. The summed E-state index contributed by atoms with van der Waals surface area (Å²) in [6, 6.07) is 12.9. The highest BCUT2D eigenvalue weighted by Crippen LogP contribution is 2.26. The maximum Gasteiger partial charge on any atom is 0.240 e. The minimum Gasteiger partial charge on any atom is -0.361 e. The predicted octanol–water partition coefficient (Wildman–Crippen LogP) is 2.93. The van der Waals surface area contributed by atoms with E-state index in [1.807, 2.05) is 53.3 Å². The number of H-pyrrole nitrogens is 1. The fourth-order valence-electron chi connectivity index (χ4n) is 4.14. The summed E-state index contributed by atoms with van der Waals surface area (Å²) >= 11 is 0. The van der Waals surface area contributed by atoms with Gasteiger partial charge in [0.1, 0.15) is 5.65 Å². The Labute approximate surface area is 169 Å². The van der Waals surface area contributed by atoms with Crippen molar-refractivity contribution in [3.63, 3.8) is 0 Å². The number of sulfonamides is 1. The summed E-state index contributed by atoms with van der Waals surface area (Å²) in [7, 11) is -3.62. The molecule has 2 N–H and O–H groups in total. The van der Waals surface area contributed by atoms with Crippen LogP contribution in [0.1, 0.15) is 24.6 Å². The van der Waals surface area contributed by atoms with E-state index in [9.17, 15) is 8.42 Å². The third kappa shape index (κ3) is 3.43. The van der Waals surface area contributed by atoms with Crippen molar-refractivity contribution < 1.29 is 8.42 Å². The van der Waals surface area contributed by atoms with Gasteiger partial charge >= 0.3 is 0 Å². The van der Waals surface area contributed by atoms with Crippen molar-refractivity contribution in [3.8, 4) is 0 Å². The van der Waals surface area contributed by atoms with E-state index in [0.717, 1.165) is 48.2 Å². The number of benzene rings is 1. The fourth-order valence-corrected chi connectivity index (χ4v) is 5.20. The summed E-state index contributed by atoms with van der Waals surface area (Å²) in [6.45, 7) is 2.22. The summed E-state index contributed by atoms with van der Waals surface area (Å²) < 4.78 is 30.9. The lowest BCUT2D eigenvalue weighted by Crippen LogP contribution is -2.37. The van der Waals surface area contributed by atoms with Crippen molar-refractivity contribution in [2.45, 2.75) is 23.8 Å². The second-order valence-electron chi connectivity index (χ2n) is 7.45. The van der Waals surface area contributed by atoms with Gasteiger partial charge in [0, 0.05) is 24.5 Å². The molecule has 3 aromatic heterocycles. The van der Waals surface area contributed by atoms with Crippen LogP contribution in [0.3, 0.4) is 0 Å². The van der Waals surface area contributed by atoms with Gasteiger partial charge in [0.15, 0.2) is 0 Å². The molecule has 0 unspecified atom stereocenters. The highest BCUT2D eigenvalue weighted by Gasteiger charge is 2.28. The zero-order valence-corrected chi connectivity index (χ0v) is 16.8. The maximum absolute atomic E-state index is 13.0. The number of pyridine rings is 1. The number of rotatable bonds is 6. The average molecular weight is 410 g/mol. The lowest BCUT2D eigenvalue weighted by molar-refractivity contribution is 0.241. The summed E-state index contributed by atoms with van der Waals surface area (Å²) in [5.74, 6) is 0. The summed E-state index contributed by atoms with van der Waals surface area (Å²) in [4.78, 5) is 10.2. The topological polar surface area (TPSA) is 82.5 Å². The number of fused-ring (bicyclic) bond motifs is 2. The maximum atomic E-state index is 13.0. The Morgan fingerprint density at radius 3 is 2.86 bits per heavy atom. The van der Waals surface area contributed by atoms with E-state index >= 15 is 0 Å². The Morgan fingerprint density at radius 2 is 2.00 bits per heavy atom. The molecule has 0 spiro atoms. The van der Waals surface area contributed by atoms with Crippen LogP contribution in [0.5, 0.6) is 0 Å². The van der Waals surface area contributed by atoms with Crippen molar-refractivity contribution in [1.82, 2.24) is 24.0 Å². The molecule has 1 fully saturated rings. The van der Waals surface area contributed by atoms with Gasteiger partial charge in [-0.1, -0.05) is 12.1 Å². The average Bonchev–Trinajstić information content (AvgIpc) is 3.48. The Balaban J connectivity index is 1.44. The van der Waals surface area contributed by atoms with Gasteiger partial charge in [-0.3, -0.25) is 4.90 Å². The van der Waals surface area contributed by atoms with Crippen LogP contribution >= 0.6 is 0 Å². The van der Waals surface area contributed by atoms with Gasteiger partial charge in [-0.05, 0) is 61.6 Å². The van der Waals surface area contributed by atoms with E-state index < -0.39 is 10.0 Å². The van der Waals surface area contributed by atoms with E-state index in [-0.39, 0.29) is 10.9 Å². The number of imidazole rings is 1. The molecule has 8 heteroatoms. The molecule has 1 aromatic carbocycles. The molecular formula is C21H23N5O2S. The van der Waals surface area contributed by atoms with Crippen LogP contribution in [0.4, 0.5) is 0 Å². The van der Waals surface area contributed by atoms with Crippen LogP contribution in [0.15, 0.2) is 66.0 Å². The smallest absolute Gasteiger partial charge is 0.240 e. The van der Waals surface area contributed by atoms with Crippen LogP contribution in [0, 0.1) is 0 Å². The number of aromatic amines is 1. The van der Waals surface area contributed by atoms with Crippen LogP contribution in [0.25, 0.3) is 16.6 Å². The normalized spacial score (nSPS) is 16.7. The standard InChI is InChI=1S/C21H23N5O2S/c27-29(28,17-7-6-16-8-9-22-18(16)13-17)24-15-19(25-10-3-4-11-25)20-14-23-21-5-1-2-12-26(20)21/h1-2,5-9,12-14,19,22,24H,3-4,10-11,15H2/t19-/m1/s1. The van der Waals surface area contributed by atoms with Crippen LogP contribution in [-0.2, 0) is 10.0 Å². The first-order chi connectivity index (χ1) is 14.1. The summed E-state index contributed by atoms with van der Waals surface area (Å²) in [6.07, 6.45) is 7.90. The molecule has 1 atom stereocenters. The molecule has 0 amide bonds. The first-order valence-electron chi connectivity index (χ1n) is 9.85. The Morgan fingerprint density at radius 1 is 1.14 bits per heavy atom. The van der Waals surface area contributed by atoms with Crippen molar-refractivity contribution in [1.29, 1.82) is 0 Å². The van der Waals surface area contributed by atoms with Crippen molar-refractivity contribution in [2.24, 2.45) is 0 Å². The summed E-state index contributed by atoms with van der Waals surface area (Å²) in [5, 5.41) is 0.990. The second kappa shape index (κ2) is 7.29. The van der Waals surface area contributed by atoms with E-state index in [4.69, 9.17) is 0 Å². The Bertz CT molecular complexity index is 1250. The first kappa shape index (κ1) is 18.4. The van der Waals surface area contributed by atoms with Gasteiger partial charge in [-0.25, -0.2) is 18.1 Å². The van der Waals surface area contributed by atoms with Gasteiger partial charge in [0.05, 0.1) is 22.8 Å². The molecule has 7 nitrogen and oxygen atoms in total. The van der Waals surface area contributed by atoms with Crippen LogP contribution in [-0.4, -0.2) is 47.3 Å². The molecule has 0 saturated carbocycles. The Kier molecular flexibility index (Phi) is 4.61. The van der Waals surface area contributed by atoms with Gasteiger partial charge in [0.25, 0.3) is 0 Å². The van der Waals surface area contributed by atoms with E-state index in [0.29, 0.717) is 6.54 Å². The highest BCUT2D eigenvalue weighted by molar-refractivity contribution is 7.89. The van der Waals surface area contributed by atoms with Gasteiger partial charge < -0.3 is 9.38 Å². The molecule has 0 radical (unpaired) electrons. The number of nitrogens with one attached hydrogen (secondary N) is 2. The molecule has 4 heterocycles. The van der Waals surface area contributed by atoms with Crippen LogP contribution in [0.2, 0.25) is 0 Å². The number of hydrogen-bond acceptors (Lipinski definition) is 4. The fraction of sp³-hybridized carbons (Fsp3) is 0.286. The lowest BCUT2D eigenvalue weighted by atomic mass is 10.2. The molecular weight excluding hydrogens is 386 g/mol. The molecule has 0 aliphatic carbocycles. The Hall–Kier alpha value is -2.68. The highest BCUT2D eigenvalue weighted by atomic mass is 32.2. The largest absolute Gasteiger partial charge is 0.361 e. The van der Waals surface area contributed by atoms with Crippen molar-refractivity contribution in [2.75, 3.05) is 19.6 Å². The van der Waals surface area contributed by atoms with Gasteiger partial charge in [-0.15, -0.1) is 0 Å². The molecule has 1 aliphatic heterocycles. The van der Waals surface area contributed by atoms with Gasteiger partial charge in [0.2, 0.25) is 10.0 Å². The molecule has 1 aliphatic rings. The number of nitrogens with zero attached hydrogens (tertiary/aromatic N) is 3. The molecule has 4 aromatic rings. The lowest BCUT2D eigenvalue weighted by Gasteiger charge is -2.27. The minimum atomic E-state index is -3.62. The minimum absolute atomic E-state index is 0.0705. The second-order valence-corrected chi connectivity index (χ2v) is 9.22. The zero-order chi connectivity index (χ0) is 19.8. The zero-order valence-electron chi connectivity index (χ0n) is 16.0. The molecule has 5 rings (SSSR count). The van der Waals surface area contributed by atoms with E-state index in [2.05, 4.69) is 19.6 Å². The van der Waals surface area contributed by atoms with Gasteiger partial charge in [-0.2, -0.15) is 0 Å². The van der Waals surface area contributed by atoms with Crippen molar-refractivity contribution in [3.05, 3.63) is 66.7 Å². The number of likely N-dealkylation sites (tertiary alicyclic amines) is 1. The van der Waals surface area contributed by atoms with E-state index in [1.54, 1.807) is 12.1 Å². The van der Waals surface area contributed by atoms with Crippen LogP contribution < -0.4 is 4.72 Å². The van der Waals surface area contributed by atoms with Crippen molar-refractivity contribution >= 4 is 26.6 Å². The quantitative estimate of drug-likeness (QED) is 0.513. The molecule has 29 heavy (non-hydrogen) atoms. The molecule has 1 saturated heterocycles. The third-order valence-corrected chi connectivity index (χ3v) is 7.09. The molecule has 0 bridgehead atoms. The third-order valence-electron chi connectivity index (χ3n) is 5.67. The number of hydrogen-bond donors (Lipinski definition) is 2.